The average Bonchev–Trinajstić information content (AvgIpc) is 2.73. The van der Waals surface area contributed by atoms with E-state index in [1.54, 1.807) is 46.4 Å². The number of nitrogens with zero attached hydrogens (tertiary/aromatic N) is 2. The van der Waals surface area contributed by atoms with Crippen LogP contribution in [0.4, 0.5) is 4.79 Å². The predicted octanol–water partition coefficient (Wildman–Crippen LogP) is 2.83. The van der Waals surface area contributed by atoms with Gasteiger partial charge in [-0.15, -0.1) is 0 Å². The number of hydrogen-bond donors (Lipinski definition) is 1. The molecule has 1 aromatic rings. The van der Waals surface area contributed by atoms with Crippen LogP contribution in [0.2, 0.25) is 0 Å². The second-order valence-corrected chi connectivity index (χ2v) is 7.54. The molecule has 0 aromatic carbocycles. The fourth-order valence-corrected chi connectivity index (χ4v) is 2.80. The highest BCUT2D eigenvalue weighted by Crippen LogP contribution is 2.24. The van der Waals surface area contributed by atoms with Gasteiger partial charge in [0.2, 0.25) is 0 Å². The van der Waals surface area contributed by atoms with Gasteiger partial charge in [-0.25, -0.2) is 9.59 Å². The minimum Gasteiger partial charge on any atom is -0.461 e. The lowest BCUT2D eigenvalue weighted by molar-refractivity contribution is 0.0514. The summed E-state index contributed by atoms with van der Waals surface area (Å²) in [7, 11) is 3.32. The Labute approximate surface area is 155 Å². The highest BCUT2D eigenvalue weighted by molar-refractivity contribution is 6.06. The maximum atomic E-state index is 13.1. The summed E-state index contributed by atoms with van der Waals surface area (Å²) in [6, 6.07) is -0.998. The van der Waals surface area contributed by atoms with Crippen molar-refractivity contribution in [2.24, 2.45) is 7.05 Å². The van der Waals surface area contributed by atoms with E-state index in [0.29, 0.717) is 22.5 Å². The van der Waals surface area contributed by atoms with E-state index >= 15 is 0 Å². The van der Waals surface area contributed by atoms with Gasteiger partial charge in [0.25, 0.3) is 0 Å². The van der Waals surface area contributed by atoms with Crippen molar-refractivity contribution in [1.29, 1.82) is 0 Å². The number of esters is 1. The third kappa shape index (κ3) is 4.45. The van der Waals surface area contributed by atoms with Crippen LogP contribution in [-0.2, 0) is 11.8 Å². The summed E-state index contributed by atoms with van der Waals surface area (Å²) >= 11 is 0. The summed E-state index contributed by atoms with van der Waals surface area (Å²) in [6.45, 7) is 12.8. The number of hydrogen-bond acceptors (Lipinski definition) is 4. The number of aromatic nitrogens is 1. The molecule has 0 aliphatic rings. The van der Waals surface area contributed by atoms with Gasteiger partial charge in [-0.3, -0.25) is 4.79 Å². The molecule has 0 aliphatic heterocycles. The first kappa shape index (κ1) is 21.7. The zero-order valence-corrected chi connectivity index (χ0v) is 17.3. The summed E-state index contributed by atoms with van der Waals surface area (Å²) < 4.78 is 6.76. The molecule has 146 valence electrons. The number of urea groups is 1. The van der Waals surface area contributed by atoms with Gasteiger partial charge in [-0.05, 0) is 54.0 Å². The Bertz CT molecular complexity index is 713. The van der Waals surface area contributed by atoms with Gasteiger partial charge in [-0.2, -0.15) is 0 Å². The third-order valence-electron chi connectivity index (χ3n) is 4.41. The van der Waals surface area contributed by atoms with Crippen LogP contribution in [0.15, 0.2) is 0 Å². The molecule has 0 radical (unpaired) electrons. The minimum atomic E-state index is -0.674. The van der Waals surface area contributed by atoms with Gasteiger partial charge in [0.15, 0.2) is 5.78 Å². The third-order valence-corrected chi connectivity index (χ3v) is 4.41. The van der Waals surface area contributed by atoms with Crippen LogP contribution in [0, 0.1) is 13.8 Å². The molecule has 0 bridgehead atoms. The van der Waals surface area contributed by atoms with E-state index in [9.17, 15) is 14.4 Å². The fraction of sp³-hybridized carbons (Fsp3) is 0.632. The summed E-state index contributed by atoms with van der Waals surface area (Å²) in [6.07, 6.45) is 0. The van der Waals surface area contributed by atoms with E-state index in [-0.39, 0.29) is 18.4 Å². The van der Waals surface area contributed by atoms with Gasteiger partial charge < -0.3 is 19.5 Å². The second kappa shape index (κ2) is 7.93. The lowest BCUT2D eigenvalue weighted by Crippen LogP contribution is -2.51. The van der Waals surface area contributed by atoms with E-state index in [2.05, 4.69) is 5.32 Å². The Morgan fingerprint density at radius 2 is 1.77 bits per heavy atom. The number of amides is 2. The lowest BCUT2D eigenvalue weighted by Gasteiger charge is -2.29. The first-order chi connectivity index (χ1) is 11.8. The van der Waals surface area contributed by atoms with Gasteiger partial charge >= 0.3 is 12.0 Å². The topological polar surface area (TPSA) is 80.6 Å². The molecule has 1 aromatic heterocycles. The number of nitrogens with one attached hydrogen (secondary N) is 1. The SMILES string of the molecule is CCOC(=O)c1c(C)c(C(=O)C(C)N(C)C(=O)NC(C)(C)C)c(C)n1C. The van der Waals surface area contributed by atoms with Crippen LogP contribution in [0.1, 0.15) is 66.7 Å². The van der Waals surface area contributed by atoms with E-state index < -0.39 is 17.6 Å². The van der Waals surface area contributed by atoms with Crippen LogP contribution in [0.5, 0.6) is 0 Å². The molecular weight excluding hydrogens is 334 g/mol. The Hall–Kier alpha value is -2.31. The van der Waals surface area contributed by atoms with Gasteiger partial charge in [0.05, 0.1) is 12.6 Å². The molecule has 0 fully saturated rings. The molecule has 26 heavy (non-hydrogen) atoms. The summed E-state index contributed by atoms with van der Waals surface area (Å²) in [5.41, 5.74) is 1.67. The van der Waals surface area contributed by atoms with E-state index in [1.807, 2.05) is 20.8 Å². The molecule has 1 atom stereocenters. The molecular formula is C19H31N3O4. The first-order valence-electron chi connectivity index (χ1n) is 8.75. The summed E-state index contributed by atoms with van der Waals surface area (Å²) in [5.74, 6) is -0.668. The average molecular weight is 365 g/mol. The molecule has 0 saturated heterocycles. The van der Waals surface area contributed by atoms with Crippen molar-refractivity contribution >= 4 is 17.8 Å². The predicted molar refractivity (Wildman–Crippen MR) is 101 cm³/mol. The molecule has 0 aliphatic carbocycles. The Morgan fingerprint density at radius 3 is 2.23 bits per heavy atom. The largest absolute Gasteiger partial charge is 0.461 e. The molecule has 7 heteroatoms. The quantitative estimate of drug-likeness (QED) is 0.643. The highest BCUT2D eigenvalue weighted by atomic mass is 16.5. The number of Topliss-reactive ketones (excluding diaryl/α,β-unsaturated/α-hetero) is 1. The Balaban J connectivity index is 3.19. The highest BCUT2D eigenvalue weighted by Gasteiger charge is 2.31. The van der Waals surface area contributed by atoms with E-state index in [4.69, 9.17) is 4.74 Å². The van der Waals surface area contributed by atoms with Crippen molar-refractivity contribution in [2.45, 2.75) is 60.0 Å². The molecule has 1 rings (SSSR count). The van der Waals surface area contributed by atoms with E-state index in [1.165, 1.54) is 4.90 Å². The molecule has 1 heterocycles. The van der Waals surface area contributed by atoms with Crippen molar-refractivity contribution in [3.8, 4) is 0 Å². The van der Waals surface area contributed by atoms with Gasteiger partial charge in [-0.1, -0.05) is 0 Å². The summed E-state index contributed by atoms with van der Waals surface area (Å²) in [5, 5.41) is 2.84. The molecule has 7 nitrogen and oxygen atoms in total. The van der Waals surface area contributed by atoms with Crippen LogP contribution >= 0.6 is 0 Å². The van der Waals surface area contributed by atoms with Crippen LogP contribution in [0.3, 0.4) is 0 Å². The second-order valence-electron chi connectivity index (χ2n) is 7.54. The first-order valence-corrected chi connectivity index (χ1v) is 8.75. The van der Waals surface area contributed by atoms with Crippen molar-refractivity contribution in [2.75, 3.05) is 13.7 Å². The van der Waals surface area contributed by atoms with E-state index in [0.717, 1.165) is 0 Å². The molecule has 1 N–H and O–H groups in total. The monoisotopic (exact) mass is 365 g/mol. The maximum absolute atomic E-state index is 13.1. The van der Waals surface area contributed by atoms with Crippen LogP contribution in [-0.4, -0.2) is 52.5 Å². The Kier molecular flexibility index (Phi) is 6.63. The number of likely N-dealkylation sites (N-methyl/N-ethyl adjacent to an activating group) is 1. The number of ketones is 1. The summed E-state index contributed by atoms with van der Waals surface area (Å²) in [4.78, 5) is 39.0. The zero-order valence-electron chi connectivity index (χ0n) is 17.3. The van der Waals surface area contributed by atoms with Crippen molar-refractivity contribution in [3.05, 3.63) is 22.5 Å². The number of carbonyl (C=O) groups excluding carboxylic acids is 3. The normalized spacial score (nSPS) is 12.5. The lowest BCUT2D eigenvalue weighted by atomic mass is 10.00. The minimum absolute atomic E-state index is 0.210. The number of ether oxygens (including phenoxy) is 1. The zero-order chi connectivity index (χ0) is 20.4. The van der Waals surface area contributed by atoms with Crippen LogP contribution < -0.4 is 5.32 Å². The molecule has 0 spiro atoms. The van der Waals surface area contributed by atoms with Gasteiger partial charge in [0.1, 0.15) is 5.69 Å². The molecule has 2 amide bonds. The smallest absolute Gasteiger partial charge is 0.355 e. The number of carbonyl (C=O) groups is 3. The number of rotatable bonds is 5. The Morgan fingerprint density at radius 1 is 1.23 bits per heavy atom. The van der Waals surface area contributed by atoms with Crippen molar-refractivity contribution < 1.29 is 19.1 Å². The van der Waals surface area contributed by atoms with Gasteiger partial charge in [0, 0.05) is 30.9 Å². The van der Waals surface area contributed by atoms with Crippen molar-refractivity contribution in [1.82, 2.24) is 14.8 Å². The molecule has 0 saturated carbocycles. The van der Waals surface area contributed by atoms with Crippen LogP contribution in [0.25, 0.3) is 0 Å². The molecule has 1 unspecified atom stereocenters. The maximum Gasteiger partial charge on any atom is 0.355 e. The fourth-order valence-electron chi connectivity index (χ4n) is 2.80. The van der Waals surface area contributed by atoms with Crippen molar-refractivity contribution in [3.63, 3.8) is 0 Å². The standard InChI is InChI=1S/C19H31N3O4/c1-10-26-17(24)15-11(2)14(12(3)21(15)8)16(23)13(4)22(9)18(25)20-19(5,6)7/h13H,10H2,1-9H3,(H,20,25).